The van der Waals surface area contributed by atoms with Crippen LogP contribution in [0, 0.1) is 24.0 Å². The van der Waals surface area contributed by atoms with Crippen LogP contribution in [0.3, 0.4) is 0 Å². The fourth-order valence-electron chi connectivity index (χ4n) is 4.61. The maximum absolute atomic E-state index is 13.5. The van der Waals surface area contributed by atoms with Crippen LogP contribution in [0.4, 0.5) is 16.2 Å². The number of para-hydroxylation sites is 2. The summed E-state index contributed by atoms with van der Waals surface area (Å²) < 4.78 is 13.2. The SMILES string of the molecule is CCOc1ccccc1N1C(=O)NC(=O)/C(=C\c2cc(C)n(-c3ccc(Oc4ccc([N+](=O)[O-])cn4)cc3)c2C)C1=O. The summed E-state index contributed by atoms with van der Waals surface area (Å²) >= 11 is 0. The van der Waals surface area contributed by atoms with Crippen LogP contribution in [-0.2, 0) is 9.59 Å². The Hall–Kier alpha value is -5.78. The lowest BCUT2D eigenvalue weighted by Gasteiger charge is -2.27. The number of carbonyl (C=O) groups is 3. The predicted molar refractivity (Wildman–Crippen MR) is 153 cm³/mol. The molecule has 12 nitrogen and oxygen atoms in total. The molecule has 4 aromatic rings. The summed E-state index contributed by atoms with van der Waals surface area (Å²) in [5.41, 5.74) is 2.91. The van der Waals surface area contributed by atoms with E-state index >= 15 is 0 Å². The van der Waals surface area contributed by atoms with Gasteiger partial charge in [-0.1, -0.05) is 12.1 Å². The molecular formula is C30H25N5O7. The third kappa shape index (κ3) is 5.32. The minimum atomic E-state index is -0.856. The Morgan fingerprint density at radius 1 is 1.02 bits per heavy atom. The van der Waals surface area contributed by atoms with E-state index < -0.39 is 22.8 Å². The van der Waals surface area contributed by atoms with E-state index in [1.165, 1.54) is 18.2 Å². The molecule has 0 bridgehead atoms. The second kappa shape index (κ2) is 11.4. The summed E-state index contributed by atoms with van der Waals surface area (Å²) in [7, 11) is 0. The van der Waals surface area contributed by atoms with E-state index in [-0.39, 0.29) is 22.8 Å². The number of hydrogen-bond acceptors (Lipinski definition) is 8. The minimum absolute atomic E-state index is 0.135. The number of aromatic nitrogens is 2. The Morgan fingerprint density at radius 2 is 1.76 bits per heavy atom. The highest BCUT2D eigenvalue weighted by Gasteiger charge is 2.38. The number of barbiturate groups is 1. The summed E-state index contributed by atoms with van der Waals surface area (Å²) in [6.45, 7) is 5.85. The zero-order chi connectivity index (χ0) is 30.0. The second-order valence-electron chi connectivity index (χ2n) is 9.23. The number of nitrogens with one attached hydrogen (secondary N) is 1. The third-order valence-electron chi connectivity index (χ3n) is 6.53. The van der Waals surface area contributed by atoms with Gasteiger partial charge >= 0.3 is 6.03 Å². The molecule has 1 saturated heterocycles. The molecule has 0 radical (unpaired) electrons. The van der Waals surface area contributed by atoms with Crippen molar-refractivity contribution in [2.75, 3.05) is 11.5 Å². The van der Waals surface area contributed by atoms with Gasteiger partial charge in [-0.15, -0.1) is 0 Å². The van der Waals surface area contributed by atoms with E-state index in [1.807, 2.05) is 36.6 Å². The van der Waals surface area contributed by atoms with Crippen LogP contribution in [0.1, 0.15) is 23.9 Å². The first-order chi connectivity index (χ1) is 20.2. The van der Waals surface area contributed by atoms with Gasteiger partial charge in [-0.3, -0.25) is 25.0 Å². The molecule has 12 heteroatoms. The molecule has 0 unspecified atom stereocenters. The molecule has 0 saturated carbocycles. The van der Waals surface area contributed by atoms with Gasteiger partial charge in [-0.05, 0) is 74.9 Å². The lowest BCUT2D eigenvalue weighted by molar-refractivity contribution is -0.385. The van der Waals surface area contributed by atoms with Crippen molar-refractivity contribution in [2.24, 2.45) is 0 Å². The molecule has 1 N–H and O–H groups in total. The Labute approximate surface area is 240 Å². The molecule has 0 spiro atoms. The number of urea groups is 1. The Balaban J connectivity index is 1.42. The molecule has 1 aliphatic heterocycles. The largest absolute Gasteiger partial charge is 0.492 e. The smallest absolute Gasteiger partial charge is 0.336 e. The van der Waals surface area contributed by atoms with E-state index in [4.69, 9.17) is 9.47 Å². The average molecular weight is 568 g/mol. The summed E-state index contributed by atoms with van der Waals surface area (Å²) in [5, 5.41) is 13.1. The average Bonchev–Trinajstić information content (AvgIpc) is 3.25. The van der Waals surface area contributed by atoms with Crippen molar-refractivity contribution in [1.29, 1.82) is 0 Å². The van der Waals surface area contributed by atoms with Crippen LogP contribution >= 0.6 is 0 Å². The topological polar surface area (TPSA) is 146 Å². The van der Waals surface area contributed by atoms with Crippen LogP contribution in [-0.4, -0.2) is 38.9 Å². The summed E-state index contributed by atoms with van der Waals surface area (Å²) in [6, 6.07) is 17.4. The van der Waals surface area contributed by atoms with E-state index in [2.05, 4.69) is 10.3 Å². The van der Waals surface area contributed by atoms with Crippen molar-refractivity contribution in [1.82, 2.24) is 14.9 Å². The Bertz CT molecular complexity index is 1740. The molecule has 2 aromatic carbocycles. The van der Waals surface area contributed by atoms with Gasteiger partial charge in [0.15, 0.2) is 0 Å². The second-order valence-corrected chi connectivity index (χ2v) is 9.23. The molecule has 42 heavy (non-hydrogen) atoms. The van der Waals surface area contributed by atoms with Crippen LogP contribution in [0.15, 0.2) is 78.5 Å². The van der Waals surface area contributed by atoms with Gasteiger partial charge in [0, 0.05) is 29.2 Å². The lowest BCUT2D eigenvalue weighted by atomic mass is 10.1. The number of rotatable bonds is 8. The van der Waals surface area contributed by atoms with Crippen molar-refractivity contribution in [2.45, 2.75) is 20.8 Å². The van der Waals surface area contributed by atoms with Gasteiger partial charge < -0.3 is 14.0 Å². The van der Waals surface area contributed by atoms with Gasteiger partial charge in [-0.2, -0.15) is 0 Å². The summed E-state index contributed by atoms with van der Waals surface area (Å²) in [5.74, 6) is -0.524. The Morgan fingerprint density at radius 3 is 2.43 bits per heavy atom. The quantitative estimate of drug-likeness (QED) is 0.131. The molecule has 212 valence electrons. The number of nitrogens with zero attached hydrogens (tertiary/aromatic N) is 4. The molecule has 4 amide bonds. The van der Waals surface area contributed by atoms with Gasteiger partial charge in [0.2, 0.25) is 5.88 Å². The number of anilines is 1. The standard InChI is InChI=1S/C30H25N5O7/c1-4-41-26-8-6-5-7-25(26)34-29(37)24(28(36)32-30(34)38)16-20-15-18(2)33(19(20)3)21-9-12-23(13-10-21)42-27-14-11-22(17-31-27)35(39)40/h5-17H,4H2,1-3H3,(H,32,36,38)/b24-16+. The van der Waals surface area contributed by atoms with E-state index in [0.717, 1.165) is 28.2 Å². The molecule has 2 aromatic heterocycles. The Kier molecular flexibility index (Phi) is 7.52. The van der Waals surface area contributed by atoms with Gasteiger partial charge in [0.05, 0.1) is 17.2 Å². The normalized spacial score (nSPS) is 14.2. The maximum atomic E-state index is 13.5. The number of pyridine rings is 1. The highest BCUT2D eigenvalue weighted by molar-refractivity contribution is 6.39. The lowest BCUT2D eigenvalue weighted by Crippen LogP contribution is -2.54. The summed E-state index contributed by atoms with van der Waals surface area (Å²) in [6.07, 6.45) is 2.59. The zero-order valence-corrected chi connectivity index (χ0v) is 22.9. The molecule has 0 atom stereocenters. The van der Waals surface area contributed by atoms with Crippen LogP contribution in [0.2, 0.25) is 0 Å². The van der Waals surface area contributed by atoms with Crippen molar-refractivity contribution >= 4 is 35.3 Å². The third-order valence-corrected chi connectivity index (χ3v) is 6.53. The molecule has 1 aliphatic rings. The number of hydrogen-bond donors (Lipinski definition) is 1. The fourth-order valence-corrected chi connectivity index (χ4v) is 4.61. The van der Waals surface area contributed by atoms with Gasteiger partial charge in [0.1, 0.15) is 23.3 Å². The van der Waals surface area contributed by atoms with E-state index in [1.54, 1.807) is 43.3 Å². The van der Waals surface area contributed by atoms with Gasteiger partial charge in [-0.25, -0.2) is 14.7 Å². The highest BCUT2D eigenvalue weighted by atomic mass is 16.6. The van der Waals surface area contributed by atoms with Crippen LogP contribution < -0.4 is 19.7 Å². The highest BCUT2D eigenvalue weighted by Crippen LogP contribution is 2.32. The molecule has 0 aliphatic carbocycles. The molecular weight excluding hydrogens is 542 g/mol. The monoisotopic (exact) mass is 567 g/mol. The predicted octanol–water partition coefficient (Wildman–Crippen LogP) is 5.25. The zero-order valence-electron chi connectivity index (χ0n) is 22.9. The van der Waals surface area contributed by atoms with Gasteiger partial charge in [0.25, 0.3) is 17.5 Å². The van der Waals surface area contributed by atoms with E-state index in [0.29, 0.717) is 23.7 Å². The molecule has 1 fully saturated rings. The van der Waals surface area contributed by atoms with E-state index in [9.17, 15) is 24.5 Å². The van der Waals surface area contributed by atoms with Crippen LogP contribution in [0.25, 0.3) is 11.8 Å². The maximum Gasteiger partial charge on any atom is 0.336 e. The number of nitro groups is 1. The molecule has 5 rings (SSSR count). The fraction of sp³-hybridized carbons (Fsp3) is 0.133. The summed E-state index contributed by atoms with van der Waals surface area (Å²) in [4.78, 5) is 54.1. The first kappa shape index (κ1) is 27.8. The number of aryl methyl sites for hydroxylation is 1. The number of benzene rings is 2. The number of amides is 4. The first-order valence-corrected chi connectivity index (χ1v) is 12.9. The number of carbonyl (C=O) groups excluding carboxylic acids is 3. The van der Waals surface area contributed by atoms with Crippen molar-refractivity contribution < 1.29 is 28.8 Å². The molecule has 3 heterocycles. The number of imide groups is 2. The minimum Gasteiger partial charge on any atom is -0.492 e. The first-order valence-electron chi connectivity index (χ1n) is 12.9. The van der Waals surface area contributed by atoms with Crippen molar-refractivity contribution in [3.05, 3.63) is 106 Å². The van der Waals surface area contributed by atoms with Crippen molar-refractivity contribution in [3.8, 4) is 23.1 Å². The number of ether oxygens (including phenoxy) is 2. The van der Waals surface area contributed by atoms with Crippen LogP contribution in [0.5, 0.6) is 17.4 Å². The van der Waals surface area contributed by atoms with Crippen molar-refractivity contribution in [3.63, 3.8) is 0 Å².